The first-order valence-electron chi connectivity index (χ1n) is 7.13. The Kier molecular flexibility index (Phi) is 3.72. The number of benzene rings is 1. The molecule has 3 unspecified atom stereocenters. The number of rotatable bonds is 5. The third-order valence-electron chi connectivity index (χ3n) is 4.15. The molecule has 3 atom stereocenters. The first-order valence-corrected chi connectivity index (χ1v) is 8.01. The van der Waals surface area contributed by atoms with Gasteiger partial charge in [0.15, 0.2) is 0 Å². The summed E-state index contributed by atoms with van der Waals surface area (Å²) >= 11 is 1.86. The lowest BCUT2D eigenvalue weighted by Gasteiger charge is -2.18. The Morgan fingerprint density at radius 2 is 2.05 bits per heavy atom. The number of aryl methyl sites for hydroxylation is 1. The summed E-state index contributed by atoms with van der Waals surface area (Å²) in [6.45, 7) is 5.48. The molecule has 19 heavy (non-hydrogen) atoms. The lowest BCUT2D eigenvalue weighted by molar-refractivity contribution is 0.486. The molecule has 0 spiro atoms. The Morgan fingerprint density at radius 3 is 2.68 bits per heavy atom. The zero-order chi connectivity index (χ0) is 13.2. The Morgan fingerprint density at radius 1 is 1.26 bits per heavy atom. The van der Waals surface area contributed by atoms with Gasteiger partial charge in [0.2, 0.25) is 0 Å². The van der Waals surface area contributed by atoms with Crippen molar-refractivity contribution in [1.29, 1.82) is 0 Å². The molecule has 3 rings (SSSR count). The predicted octanol–water partition coefficient (Wildman–Crippen LogP) is 4.51. The highest BCUT2D eigenvalue weighted by atomic mass is 32.1. The first kappa shape index (κ1) is 12.9. The highest BCUT2D eigenvalue weighted by Gasteiger charge is 2.44. The quantitative estimate of drug-likeness (QED) is 0.843. The van der Waals surface area contributed by atoms with E-state index in [0.29, 0.717) is 6.04 Å². The molecule has 0 saturated heterocycles. The van der Waals surface area contributed by atoms with Crippen LogP contribution in [-0.4, -0.2) is 6.54 Å². The van der Waals surface area contributed by atoms with Crippen molar-refractivity contribution in [2.75, 3.05) is 6.54 Å². The lowest BCUT2D eigenvalue weighted by atomic mass is 9.99. The molecule has 1 aliphatic carbocycles. The summed E-state index contributed by atoms with van der Waals surface area (Å²) in [5.74, 6) is 1.50. The Balaban J connectivity index is 1.79. The van der Waals surface area contributed by atoms with Gasteiger partial charge in [-0.1, -0.05) is 37.3 Å². The van der Waals surface area contributed by atoms with E-state index in [0.717, 1.165) is 18.4 Å². The fourth-order valence-corrected chi connectivity index (χ4v) is 3.85. The van der Waals surface area contributed by atoms with Crippen molar-refractivity contribution in [2.24, 2.45) is 5.92 Å². The van der Waals surface area contributed by atoms with Crippen LogP contribution < -0.4 is 5.32 Å². The molecule has 100 valence electrons. The zero-order valence-corrected chi connectivity index (χ0v) is 12.4. The van der Waals surface area contributed by atoms with Gasteiger partial charge in [0.05, 0.1) is 0 Å². The van der Waals surface area contributed by atoms with Crippen molar-refractivity contribution in [2.45, 2.75) is 32.2 Å². The molecule has 1 saturated carbocycles. The van der Waals surface area contributed by atoms with E-state index < -0.39 is 0 Å². The maximum Gasteiger partial charge on any atom is 0.0365 e. The molecule has 1 aliphatic rings. The Hall–Kier alpha value is -1.12. The molecule has 2 aromatic rings. The van der Waals surface area contributed by atoms with Gasteiger partial charge in [-0.2, -0.15) is 0 Å². The highest BCUT2D eigenvalue weighted by molar-refractivity contribution is 7.10. The summed E-state index contributed by atoms with van der Waals surface area (Å²) < 4.78 is 0. The minimum Gasteiger partial charge on any atom is -0.310 e. The average Bonchev–Trinajstić information content (AvgIpc) is 3.12. The summed E-state index contributed by atoms with van der Waals surface area (Å²) in [5, 5.41) is 5.91. The monoisotopic (exact) mass is 271 g/mol. The summed E-state index contributed by atoms with van der Waals surface area (Å²) in [6.07, 6.45) is 1.32. The molecular weight excluding hydrogens is 250 g/mol. The fourth-order valence-electron chi connectivity index (χ4n) is 3.10. The van der Waals surface area contributed by atoms with Crippen LogP contribution in [0.4, 0.5) is 0 Å². The van der Waals surface area contributed by atoms with Crippen LogP contribution in [-0.2, 0) is 0 Å². The maximum atomic E-state index is 3.69. The SMILES string of the molecule is CCNC(c1ccsc1C)C1CC1c1ccccc1. The summed E-state index contributed by atoms with van der Waals surface area (Å²) in [5.41, 5.74) is 3.01. The van der Waals surface area contributed by atoms with Gasteiger partial charge in [0.25, 0.3) is 0 Å². The van der Waals surface area contributed by atoms with Crippen molar-refractivity contribution in [3.8, 4) is 0 Å². The molecule has 0 bridgehead atoms. The van der Waals surface area contributed by atoms with Crippen LogP contribution in [0.5, 0.6) is 0 Å². The van der Waals surface area contributed by atoms with E-state index in [1.165, 1.54) is 22.4 Å². The zero-order valence-electron chi connectivity index (χ0n) is 11.6. The van der Waals surface area contributed by atoms with Gasteiger partial charge in [-0.15, -0.1) is 11.3 Å². The molecular formula is C17H21NS. The van der Waals surface area contributed by atoms with Crippen molar-refractivity contribution in [1.82, 2.24) is 5.32 Å². The Labute approximate surface area is 119 Å². The van der Waals surface area contributed by atoms with Crippen LogP contribution in [0.25, 0.3) is 0 Å². The van der Waals surface area contributed by atoms with Gasteiger partial charge in [-0.3, -0.25) is 0 Å². The molecule has 1 nitrogen and oxygen atoms in total. The van der Waals surface area contributed by atoms with Gasteiger partial charge in [0.1, 0.15) is 0 Å². The van der Waals surface area contributed by atoms with E-state index in [-0.39, 0.29) is 0 Å². The number of thiophene rings is 1. The van der Waals surface area contributed by atoms with Crippen LogP contribution in [0.3, 0.4) is 0 Å². The minimum atomic E-state index is 0.529. The largest absolute Gasteiger partial charge is 0.310 e. The second-order valence-corrected chi connectivity index (χ2v) is 6.50. The fraction of sp³-hybridized carbons (Fsp3) is 0.412. The summed E-state index contributed by atoms with van der Waals surface area (Å²) in [7, 11) is 0. The van der Waals surface area contributed by atoms with E-state index in [1.807, 2.05) is 11.3 Å². The maximum absolute atomic E-state index is 3.69. The van der Waals surface area contributed by atoms with Gasteiger partial charge in [0, 0.05) is 10.9 Å². The smallest absolute Gasteiger partial charge is 0.0365 e. The van der Waals surface area contributed by atoms with Crippen LogP contribution in [0.1, 0.15) is 41.3 Å². The average molecular weight is 271 g/mol. The molecule has 0 aliphatic heterocycles. The van der Waals surface area contributed by atoms with Crippen LogP contribution in [0.15, 0.2) is 41.8 Å². The lowest BCUT2D eigenvalue weighted by Crippen LogP contribution is -2.23. The second-order valence-electron chi connectivity index (χ2n) is 5.38. The molecule has 0 amide bonds. The van der Waals surface area contributed by atoms with E-state index in [9.17, 15) is 0 Å². The van der Waals surface area contributed by atoms with Gasteiger partial charge >= 0.3 is 0 Å². The van der Waals surface area contributed by atoms with Crippen LogP contribution in [0, 0.1) is 12.8 Å². The molecule has 1 aromatic carbocycles. The van der Waals surface area contributed by atoms with Crippen molar-refractivity contribution in [3.05, 3.63) is 57.8 Å². The van der Waals surface area contributed by atoms with Crippen molar-refractivity contribution >= 4 is 11.3 Å². The standard InChI is InChI=1S/C17H21NS/c1-3-18-17(14-9-10-19-12(14)2)16-11-15(16)13-7-5-4-6-8-13/h4-10,15-18H,3,11H2,1-2H3. The predicted molar refractivity (Wildman–Crippen MR) is 82.8 cm³/mol. The molecule has 1 fully saturated rings. The van der Waals surface area contributed by atoms with E-state index in [2.05, 4.69) is 60.9 Å². The third kappa shape index (κ3) is 2.60. The van der Waals surface area contributed by atoms with Gasteiger partial charge in [-0.25, -0.2) is 0 Å². The normalized spacial score (nSPS) is 23.3. The minimum absolute atomic E-state index is 0.529. The van der Waals surface area contributed by atoms with Crippen molar-refractivity contribution in [3.63, 3.8) is 0 Å². The first-order chi connectivity index (χ1) is 9.31. The second kappa shape index (κ2) is 5.48. The third-order valence-corrected chi connectivity index (χ3v) is 5.02. The van der Waals surface area contributed by atoms with E-state index in [4.69, 9.17) is 0 Å². The van der Waals surface area contributed by atoms with Crippen LogP contribution in [0.2, 0.25) is 0 Å². The number of nitrogens with one attached hydrogen (secondary N) is 1. The topological polar surface area (TPSA) is 12.0 Å². The van der Waals surface area contributed by atoms with E-state index >= 15 is 0 Å². The highest BCUT2D eigenvalue weighted by Crippen LogP contribution is 2.54. The number of hydrogen-bond acceptors (Lipinski definition) is 2. The molecule has 1 N–H and O–H groups in total. The van der Waals surface area contributed by atoms with Gasteiger partial charge in [-0.05, 0) is 54.3 Å². The van der Waals surface area contributed by atoms with Crippen LogP contribution >= 0.6 is 11.3 Å². The summed E-state index contributed by atoms with van der Waals surface area (Å²) in [4.78, 5) is 1.46. The van der Waals surface area contributed by atoms with Gasteiger partial charge < -0.3 is 5.32 Å². The molecule has 0 radical (unpaired) electrons. The molecule has 1 aromatic heterocycles. The Bertz CT molecular complexity index is 531. The molecule has 2 heteroatoms. The van der Waals surface area contributed by atoms with Crippen molar-refractivity contribution < 1.29 is 0 Å². The van der Waals surface area contributed by atoms with E-state index in [1.54, 1.807) is 0 Å². The molecule has 1 heterocycles. The number of hydrogen-bond donors (Lipinski definition) is 1. The summed E-state index contributed by atoms with van der Waals surface area (Å²) in [6, 6.07) is 13.8.